The number of carbonyl (C=O) groups is 2. The number of carbonyl (C=O) groups excluding carboxylic acids is 2. The van der Waals surface area contributed by atoms with Crippen LogP contribution in [0.1, 0.15) is 12.8 Å². The number of halogens is 3. The number of amides is 2. The van der Waals surface area contributed by atoms with Crippen LogP contribution < -0.4 is 15.4 Å². The summed E-state index contributed by atoms with van der Waals surface area (Å²) >= 11 is 0. The van der Waals surface area contributed by atoms with E-state index < -0.39 is 24.1 Å². The lowest BCUT2D eigenvalue weighted by atomic mass is 9.97. The predicted molar refractivity (Wildman–Crippen MR) is 87.6 cm³/mol. The molecule has 1 aromatic rings. The number of likely N-dealkylation sites (tertiary alicyclic amines) is 1. The standard InChI is InChI=1S/C17H20F3N3O3/c18-17(19,20)11-4-3-7-22(8-11)10-15(24)23-9-14(16(21)25)26-13-6-2-1-5-12(13)23/h1-2,5-6,11,14H,3-4,7-10H2,(H2,21,25)/t11-,14+/m1/s1. The average molecular weight is 371 g/mol. The number of hydrogen-bond donors (Lipinski definition) is 1. The summed E-state index contributed by atoms with van der Waals surface area (Å²) in [6, 6.07) is 6.70. The molecule has 3 rings (SSSR count). The Balaban J connectivity index is 1.73. The van der Waals surface area contributed by atoms with Crippen molar-refractivity contribution in [3.8, 4) is 5.75 Å². The molecule has 142 valence electrons. The summed E-state index contributed by atoms with van der Waals surface area (Å²) in [6.45, 7) is 0.0398. The summed E-state index contributed by atoms with van der Waals surface area (Å²) in [5.41, 5.74) is 5.79. The minimum absolute atomic E-state index is 0.0538. The van der Waals surface area contributed by atoms with Crippen LogP contribution in [0.3, 0.4) is 0 Å². The van der Waals surface area contributed by atoms with Crippen LogP contribution in [0.5, 0.6) is 5.75 Å². The molecule has 2 atom stereocenters. The van der Waals surface area contributed by atoms with Gasteiger partial charge in [0, 0.05) is 6.54 Å². The van der Waals surface area contributed by atoms with E-state index in [-0.39, 0.29) is 32.0 Å². The van der Waals surface area contributed by atoms with E-state index in [0.29, 0.717) is 24.4 Å². The maximum absolute atomic E-state index is 13.0. The molecule has 0 spiro atoms. The average Bonchev–Trinajstić information content (AvgIpc) is 2.60. The smallest absolute Gasteiger partial charge is 0.393 e. The van der Waals surface area contributed by atoms with E-state index in [0.717, 1.165) is 0 Å². The lowest BCUT2D eigenvalue weighted by Crippen LogP contribution is -2.52. The molecule has 1 saturated heterocycles. The maximum atomic E-state index is 13.0. The lowest BCUT2D eigenvalue weighted by molar-refractivity contribution is -0.187. The van der Waals surface area contributed by atoms with Gasteiger partial charge in [0.2, 0.25) is 5.91 Å². The maximum Gasteiger partial charge on any atom is 0.393 e. The zero-order chi connectivity index (χ0) is 18.9. The number of ether oxygens (including phenoxy) is 1. The Bertz CT molecular complexity index is 695. The molecule has 9 heteroatoms. The van der Waals surface area contributed by atoms with Crippen LogP contribution in [-0.4, -0.2) is 55.2 Å². The summed E-state index contributed by atoms with van der Waals surface area (Å²) in [4.78, 5) is 27.1. The van der Waals surface area contributed by atoms with E-state index in [1.807, 2.05) is 0 Å². The summed E-state index contributed by atoms with van der Waals surface area (Å²) in [5, 5.41) is 0. The number of primary amides is 1. The van der Waals surface area contributed by atoms with Crippen molar-refractivity contribution in [2.75, 3.05) is 31.1 Å². The van der Waals surface area contributed by atoms with Gasteiger partial charge in [-0.1, -0.05) is 12.1 Å². The minimum atomic E-state index is -4.26. The van der Waals surface area contributed by atoms with Crippen molar-refractivity contribution in [1.82, 2.24) is 4.90 Å². The van der Waals surface area contributed by atoms with Crippen LogP contribution in [0.4, 0.5) is 18.9 Å². The van der Waals surface area contributed by atoms with Gasteiger partial charge in [-0.2, -0.15) is 13.2 Å². The Labute approximate surface area is 148 Å². The van der Waals surface area contributed by atoms with Gasteiger partial charge < -0.3 is 15.4 Å². The highest BCUT2D eigenvalue weighted by Crippen LogP contribution is 2.35. The third kappa shape index (κ3) is 3.92. The molecule has 2 aliphatic rings. The van der Waals surface area contributed by atoms with Gasteiger partial charge in [-0.3, -0.25) is 14.5 Å². The second-order valence-electron chi connectivity index (χ2n) is 6.60. The third-order valence-corrected chi connectivity index (χ3v) is 4.72. The Kier molecular flexibility index (Phi) is 5.08. The topological polar surface area (TPSA) is 75.9 Å². The van der Waals surface area contributed by atoms with Gasteiger partial charge in [0.1, 0.15) is 5.75 Å². The van der Waals surface area contributed by atoms with Gasteiger partial charge in [-0.25, -0.2) is 0 Å². The molecule has 0 saturated carbocycles. The predicted octanol–water partition coefficient (Wildman–Crippen LogP) is 1.54. The molecule has 0 aliphatic carbocycles. The van der Waals surface area contributed by atoms with Crippen LogP contribution in [0, 0.1) is 5.92 Å². The number of nitrogens with two attached hydrogens (primary N) is 1. The number of piperidine rings is 1. The lowest BCUT2D eigenvalue weighted by Gasteiger charge is -2.37. The van der Waals surface area contributed by atoms with Crippen molar-refractivity contribution in [3.05, 3.63) is 24.3 Å². The van der Waals surface area contributed by atoms with Gasteiger partial charge in [0.25, 0.3) is 5.91 Å². The summed E-state index contributed by atoms with van der Waals surface area (Å²) in [6.07, 6.45) is -4.78. The van der Waals surface area contributed by atoms with Crippen molar-refractivity contribution in [2.24, 2.45) is 11.7 Å². The zero-order valence-electron chi connectivity index (χ0n) is 14.0. The van der Waals surface area contributed by atoms with Gasteiger partial charge >= 0.3 is 6.18 Å². The highest BCUT2D eigenvalue weighted by atomic mass is 19.4. The second kappa shape index (κ2) is 7.14. The fourth-order valence-corrected chi connectivity index (χ4v) is 3.36. The first-order valence-corrected chi connectivity index (χ1v) is 8.40. The summed E-state index contributed by atoms with van der Waals surface area (Å²) in [7, 11) is 0. The Hall–Kier alpha value is -2.29. The molecule has 26 heavy (non-hydrogen) atoms. The molecule has 0 radical (unpaired) electrons. The van der Waals surface area contributed by atoms with Gasteiger partial charge in [-0.05, 0) is 31.5 Å². The monoisotopic (exact) mass is 371 g/mol. The molecule has 2 N–H and O–H groups in total. The van der Waals surface area contributed by atoms with E-state index in [1.165, 1.54) is 9.80 Å². The molecule has 1 aromatic carbocycles. The van der Waals surface area contributed by atoms with Crippen LogP contribution in [-0.2, 0) is 9.59 Å². The summed E-state index contributed by atoms with van der Waals surface area (Å²) in [5.74, 6) is -2.15. The van der Waals surface area contributed by atoms with Crippen LogP contribution in [0.15, 0.2) is 24.3 Å². The number of alkyl halides is 3. The van der Waals surface area contributed by atoms with Crippen molar-refractivity contribution < 1.29 is 27.5 Å². The third-order valence-electron chi connectivity index (χ3n) is 4.72. The molecule has 0 bridgehead atoms. The number of benzene rings is 1. The quantitative estimate of drug-likeness (QED) is 0.875. The van der Waals surface area contributed by atoms with Crippen molar-refractivity contribution in [1.29, 1.82) is 0 Å². The number of hydrogen-bond acceptors (Lipinski definition) is 4. The highest BCUT2D eigenvalue weighted by molar-refractivity contribution is 5.98. The van der Waals surface area contributed by atoms with Crippen LogP contribution >= 0.6 is 0 Å². The van der Waals surface area contributed by atoms with Crippen LogP contribution in [0.2, 0.25) is 0 Å². The van der Waals surface area contributed by atoms with E-state index in [9.17, 15) is 22.8 Å². The molecule has 2 heterocycles. The van der Waals surface area contributed by atoms with E-state index in [4.69, 9.17) is 10.5 Å². The van der Waals surface area contributed by atoms with Gasteiger partial charge in [0.15, 0.2) is 6.10 Å². The van der Waals surface area contributed by atoms with Gasteiger partial charge in [-0.15, -0.1) is 0 Å². The fraction of sp³-hybridized carbons (Fsp3) is 0.529. The van der Waals surface area contributed by atoms with E-state index >= 15 is 0 Å². The number of rotatable bonds is 3. The molecular weight excluding hydrogens is 351 g/mol. The molecule has 1 fully saturated rings. The first kappa shape index (κ1) is 18.5. The SMILES string of the molecule is NC(=O)[C@@H]1CN(C(=O)CN2CCC[C@@H](C(F)(F)F)C2)c2ccccc2O1. The number of fused-ring (bicyclic) bond motifs is 1. The highest BCUT2D eigenvalue weighted by Gasteiger charge is 2.42. The zero-order valence-corrected chi connectivity index (χ0v) is 14.0. The largest absolute Gasteiger partial charge is 0.477 e. The number of nitrogens with zero attached hydrogens (tertiary/aromatic N) is 2. The second-order valence-corrected chi connectivity index (χ2v) is 6.60. The molecule has 0 unspecified atom stereocenters. The normalized spacial score (nSPS) is 23.9. The Morgan fingerprint density at radius 2 is 1.96 bits per heavy atom. The van der Waals surface area contributed by atoms with Crippen molar-refractivity contribution in [3.63, 3.8) is 0 Å². The first-order valence-electron chi connectivity index (χ1n) is 8.40. The Morgan fingerprint density at radius 1 is 1.23 bits per heavy atom. The molecular formula is C17H20F3N3O3. The van der Waals surface area contributed by atoms with Crippen molar-refractivity contribution in [2.45, 2.75) is 25.1 Å². The number of para-hydroxylation sites is 2. The summed E-state index contributed by atoms with van der Waals surface area (Å²) < 4.78 is 44.4. The molecule has 6 nitrogen and oxygen atoms in total. The van der Waals surface area contributed by atoms with Crippen LogP contribution in [0.25, 0.3) is 0 Å². The molecule has 2 amide bonds. The molecule has 0 aromatic heterocycles. The van der Waals surface area contributed by atoms with E-state index in [1.54, 1.807) is 24.3 Å². The van der Waals surface area contributed by atoms with E-state index in [2.05, 4.69) is 0 Å². The van der Waals surface area contributed by atoms with Crippen molar-refractivity contribution >= 4 is 17.5 Å². The molecule has 2 aliphatic heterocycles. The first-order chi connectivity index (χ1) is 12.3. The number of anilines is 1. The fourth-order valence-electron chi connectivity index (χ4n) is 3.36. The Morgan fingerprint density at radius 3 is 2.65 bits per heavy atom. The minimum Gasteiger partial charge on any atom is -0.477 e. The van der Waals surface area contributed by atoms with Gasteiger partial charge in [0.05, 0.1) is 24.7 Å².